The van der Waals surface area contributed by atoms with Crippen LogP contribution in [0.3, 0.4) is 0 Å². The van der Waals surface area contributed by atoms with Crippen LogP contribution >= 0.6 is 0 Å². The number of hydrogen-bond donors (Lipinski definition) is 0. The van der Waals surface area contributed by atoms with Crippen molar-refractivity contribution in [1.82, 2.24) is 9.80 Å². The fourth-order valence-electron chi connectivity index (χ4n) is 5.09. The summed E-state index contributed by atoms with van der Waals surface area (Å²) in [5.41, 5.74) is 0.937. The molecule has 0 N–H and O–H groups in total. The lowest BCUT2D eigenvalue weighted by atomic mass is 9.62. The minimum absolute atomic E-state index is 0.190. The van der Waals surface area contributed by atoms with E-state index in [1.54, 1.807) is 0 Å². The van der Waals surface area contributed by atoms with Gasteiger partial charge in [0.2, 0.25) is 0 Å². The summed E-state index contributed by atoms with van der Waals surface area (Å²) in [6.07, 6.45) is 2.56. The highest BCUT2D eigenvalue weighted by Crippen LogP contribution is 2.51. The van der Waals surface area contributed by atoms with Gasteiger partial charge in [-0.3, -0.25) is 14.6 Å². The second-order valence-electron chi connectivity index (χ2n) is 8.41. The zero-order chi connectivity index (χ0) is 16.9. The van der Waals surface area contributed by atoms with E-state index in [1.807, 2.05) is 0 Å². The van der Waals surface area contributed by atoms with E-state index in [0.717, 1.165) is 51.4 Å². The molecule has 0 amide bonds. The molecule has 4 aliphatic heterocycles. The molecule has 4 heteroatoms. The molecule has 4 fully saturated rings. The smallest absolute Gasteiger partial charge is 0.149 e. The van der Waals surface area contributed by atoms with Crippen LogP contribution in [0.2, 0.25) is 0 Å². The van der Waals surface area contributed by atoms with Gasteiger partial charge in [-0.1, -0.05) is 39.3 Å². The van der Waals surface area contributed by atoms with Crippen molar-refractivity contribution in [3.63, 3.8) is 0 Å². The van der Waals surface area contributed by atoms with Crippen molar-refractivity contribution in [1.29, 1.82) is 0 Å². The van der Waals surface area contributed by atoms with Crippen LogP contribution in [0.25, 0.3) is 0 Å². The van der Waals surface area contributed by atoms with Crippen molar-refractivity contribution in [2.24, 2.45) is 10.8 Å². The van der Waals surface area contributed by atoms with E-state index < -0.39 is 0 Å². The molecule has 1 aromatic carbocycles. The number of nitrogens with zero attached hydrogens (tertiary/aromatic N) is 2. The van der Waals surface area contributed by atoms with Crippen LogP contribution in [0.5, 0.6) is 5.75 Å². The first-order chi connectivity index (χ1) is 11.5. The topological polar surface area (TPSA) is 32.8 Å². The summed E-state index contributed by atoms with van der Waals surface area (Å²) in [7, 11) is 0. The molecule has 0 saturated carbocycles. The second-order valence-corrected chi connectivity index (χ2v) is 8.41. The first-order valence-corrected chi connectivity index (χ1v) is 9.21. The number of benzene rings is 1. The van der Waals surface area contributed by atoms with Gasteiger partial charge in [0, 0.05) is 26.2 Å². The fourth-order valence-corrected chi connectivity index (χ4v) is 5.09. The Bertz CT molecular complexity index is 600. The van der Waals surface area contributed by atoms with Crippen LogP contribution in [0, 0.1) is 10.8 Å². The van der Waals surface area contributed by atoms with Gasteiger partial charge < -0.3 is 4.74 Å². The highest BCUT2D eigenvalue weighted by atomic mass is 16.5. The molecule has 4 bridgehead atoms. The number of unbranched alkanes of at least 4 members (excludes halogenated alkanes) is 1. The molecule has 4 nitrogen and oxygen atoms in total. The van der Waals surface area contributed by atoms with Crippen molar-refractivity contribution in [3.05, 3.63) is 29.8 Å². The van der Waals surface area contributed by atoms with Gasteiger partial charge in [-0.2, -0.15) is 0 Å². The van der Waals surface area contributed by atoms with Crippen molar-refractivity contribution in [3.8, 4) is 5.75 Å². The third-order valence-corrected chi connectivity index (χ3v) is 5.94. The van der Waals surface area contributed by atoms with E-state index in [9.17, 15) is 4.79 Å². The number of hydrogen-bond acceptors (Lipinski definition) is 4. The van der Waals surface area contributed by atoms with Crippen LogP contribution in [0.1, 0.15) is 45.3 Å². The Morgan fingerprint density at radius 2 is 1.58 bits per heavy atom. The molecule has 0 aromatic heterocycles. The lowest BCUT2D eigenvalue weighted by Gasteiger charge is -2.64. The van der Waals surface area contributed by atoms with Gasteiger partial charge in [-0.15, -0.1) is 0 Å². The predicted octanol–water partition coefficient (Wildman–Crippen LogP) is 3.09. The molecule has 4 heterocycles. The SMILES string of the molecule is CCCCOc1ccc(C2N3CC4(C)CN2CC(C)(C3)C4=O)cc1. The van der Waals surface area contributed by atoms with Gasteiger partial charge in [0.05, 0.1) is 23.6 Å². The molecular formula is C20H28N2O2. The molecule has 4 aliphatic rings. The maximum atomic E-state index is 12.8. The summed E-state index contributed by atoms with van der Waals surface area (Å²) in [4.78, 5) is 17.8. The predicted molar refractivity (Wildman–Crippen MR) is 94.0 cm³/mol. The molecule has 0 atom stereocenters. The minimum atomic E-state index is -0.190. The molecule has 24 heavy (non-hydrogen) atoms. The summed E-state index contributed by atoms with van der Waals surface area (Å²) in [6, 6.07) is 8.57. The van der Waals surface area contributed by atoms with E-state index in [2.05, 4.69) is 54.8 Å². The highest BCUT2D eigenvalue weighted by molar-refractivity contribution is 5.92. The van der Waals surface area contributed by atoms with Crippen LogP contribution in [0.4, 0.5) is 0 Å². The molecule has 0 aliphatic carbocycles. The Kier molecular flexibility index (Phi) is 3.73. The van der Waals surface area contributed by atoms with Gasteiger partial charge in [-0.05, 0) is 24.1 Å². The summed E-state index contributed by atoms with van der Waals surface area (Å²) < 4.78 is 5.78. The summed E-state index contributed by atoms with van der Waals surface area (Å²) in [5.74, 6) is 1.43. The maximum absolute atomic E-state index is 12.8. The van der Waals surface area contributed by atoms with Gasteiger partial charge in [0.15, 0.2) is 0 Å². The van der Waals surface area contributed by atoms with E-state index in [-0.39, 0.29) is 10.8 Å². The number of piperidine rings is 2. The highest BCUT2D eigenvalue weighted by Gasteiger charge is 2.61. The zero-order valence-electron chi connectivity index (χ0n) is 15.0. The van der Waals surface area contributed by atoms with Crippen molar-refractivity contribution in [2.45, 2.75) is 39.8 Å². The minimum Gasteiger partial charge on any atom is -0.494 e. The average molecular weight is 328 g/mol. The summed E-state index contributed by atoms with van der Waals surface area (Å²) in [5, 5.41) is 0. The Morgan fingerprint density at radius 1 is 1.04 bits per heavy atom. The summed E-state index contributed by atoms with van der Waals surface area (Å²) >= 11 is 0. The first-order valence-electron chi connectivity index (χ1n) is 9.21. The van der Waals surface area contributed by atoms with Crippen LogP contribution in [-0.2, 0) is 4.79 Å². The van der Waals surface area contributed by atoms with Gasteiger partial charge in [0.25, 0.3) is 0 Å². The van der Waals surface area contributed by atoms with Gasteiger partial charge >= 0.3 is 0 Å². The Morgan fingerprint density at radius 3 is 2.08 bits per heavy atom. The third-order valence-electron chi connectivity index (χ3n) is 5.94. The van der Waals surface area contributed by atoms with E-state index in [0.29, 0.717) is 11.9 Å². The lowest BCUT2D eigenvalue weighted by molar-refractivity contribution is -0.197. The molecule has 5 rings (SSSR count). The van der Waals surface area contributed by atoms with Crippen molar-refractivity contribution >= 4 is 5.78 Å². The quantitative estimate of drug-likeness (QED) is 0.778. The number of ketones is 1. The zero-order valence-corrected chi connectivity index (χ0v) is 15.0. The van der Waals surface area contributed by atoms with Crippen LogP contribution in [0.15, 0.2) is 24.3 Å². The van der Waals surface area contributed by atoms with Gasteiger partial charge in [0.1, 0.15) is 11.5 Å². The molecule has 0 spiro atoms. The van der Waals surface area contributed by atoms with Gasteiger partial charge in [-0.25, -0.2) is 0 Å². The van der Waals surface area contributed by atoms with Crippen LogP contribution in [-0.4, -0.2) is 48.4 Å². The third kappa shape index (κ3) is 2.39. The Hall–Kier alpha value is -1.39. The monoisotopic (exact) mass is 328 g/mol. The van der Waals surface area contributed by atoms with Crippen LogP contribution < -0.4 is 4.74 Å². The number of carbonyl (C=O) groups excluding carboxylic acids is 1. The number of carbonyl (C=O) groups is 1. The largest absolute Gasteiger partial charge is 0.494 e. The van der Waals surface area contributed by atoms with Crippen molar-refractivity contribution in [2.75, 3.05) is 32.8 Å². The molecular weight excluding hydrogens is 300 g/mol. The normalized spacial score (nSPS) is 40.1. The first kappa shape index (κ1) is 16.1. The summed E-state index contributed by atoms with van der Waals surface area (Å²) in [6.45, 7) is 10.8. The van der Waals surface area contributed by atoms with E-state index in [4.69, 9.17) is 4.74 Å². The second kappa shape index (κ2) is 5.57. The molecule has 1 aromatic rings. The molecule has 0 unspecified atom stereocenters. The number of rotatable bonds is 5. The fraction of sp³-hybridized carbons (Fsp3) is 0.650. The maximum Gasteiger partial charge on any atom is 0.149 e. The molecule has 4 saturated heterocycles. The van der Waals surface area contributed by atoms with E-state index >= 15 is 0 Å². The van der Waals surface area contributed by atoms with Crippen molar-refractivity contribution < 1.29 is 9.53 Å². The Balaban J connectivity index is 1.53. The Labute approximate surface area is 144 Å². The van der Waals surface area contributed by atoms with E-state index in [1.165, 1.54) is 5.56 Å². The number of ether oxygens (including phenoxy) is 1. The molecule has 0 radical (unpaired) electrons. The lowest BCUT2D eigenvalue weighted by Crippen LogP contribution is -2.75. The molecule has 130 valence electrons. The number of Topliss-reactive ketones (excluding diaryl/α,β-unsaturated/α-hetero) is 1. The standard InChI is InChI=1S/C20H28N2O2/c1-4-5-10-24-16-8-6-15(7-9-16)17-21-11-19(2)12-22(17)14-20(3,13-21)18(19)23/h6-9,17H,4-5,10-14H2,1-3H3. The average Bonchev–Trinajstić information content (AvgIpc) is 2.53.